The quantitative estimate of drug-likeness (QED) is 0.296. The molecule has 1 N–H and O–H groups in total. The summed E-state index contributed by atoms with van der Waals surface area (Å²) in [4.78, 5) is 13.0. The van der Waals surface area contributed by atoms with Crippen molar-refractivity contribution in [2.24, 2.45) is 0 Å². The van der Waals surface area contributed by atoms with E-state index < -0.39 is 5.91 Å². The highest BCUT2D eigenvalue weighted by Crippen LogP contribution is 2.28. The third kappa shape index (κ3) is 5.22. The van der Waals surface area contributed by atoms with Gasteiger partial charge in [-0.25, -0.2) is 0 Å². The van der Waals surface area contributed by atoms with Crippen LogP contribution in [0.15, 0.2) is 47.1 Å². The van der Waals surface area contributed by atoms with Crippen LogP contribution in [0, 0.1) is 20.8 Å². The summed E-state index contributed by atoms with van der Waals surface area (Å²) in [5, 5.41) is 12.2. The number of nitrogens with zero attached hydrogens (tertiary/aromatic N) is 3. The molecule has 176 valence electrons. The zero-order valence-corrected chi connectivity index (χ0v) is 20.9. The first-order chi connectivity index (χ1) is 16.2. The van der Waals surface area contributed by atoms with Crippen LogP contribution in [0.1, 0.15) is 38.5 Å². The van der Waals surface area contributed by atoms with E-state index in [0.717, 1.165) is 16.9 Å². The van der Waals surface area contributed by atoms with Gasteiger partial charge in [0.2, 0.25) is 0 Å². The van der Waals surface area contributed by atoms with Gasteiger partial charge in [0.25, 0.3) is 5.91 Å². The molecule has 0 saturated carbocycles. The third-order valence-corrected chi connectivity index (χ3v) is 6.22. The Morgan fingerprint density at radius 2 is 1.79 bits per heavy atom. The molecule has 0 aliphatic carbocycles. The van der Waals surface area contributed by atoms with Crippen LogP contribution < -0.4 is 10.1 Å². The third-order valence-electron chi connectivity index (χ3n) is 5.23. The Hall–Kier alpha value is -3.00. The maximum Gasteiger partial charge on any atom is 0.279 e. The van der Waals surface area contributed by atoms with E-state index in [2.05, 4.69) is 15.6 Å². The van der Waals surface area contributed by atoms with E-state index in [1.165, 1.54) is 0 Å². The Morgan fingerprint density at radius 3 is 2.50 bits per heavy atom. The van der Waals surface area contributed by atoms with Crippen molar-refractivity contribution >= 4 is 46.5 Å². The number of aromatic nitrogens is 3. The highest BCUT2D eigenvalue weighted by atomic mass is 35.5. The number of anilines is 1. The molecule has 0 atom stereocenters. The van der Waals surface area contributed by atoms with Crippen molar-refractivity contribution in [1.82, 2.24) is 14.9 Å². The lowest BCUT2D eigenvalue weighted by Gasteiger charge is -2.10. The van der Waals surface area contributed by atoms with Crippen molar-refractivity contribution in [2.75, 3.05) is 5.32 Å². The van der Waals surface area contributed by atoms with Crippen LogP contribution in [-0.2, 0) is 13.2 Å². The van der Waals surface area contributed by atoms with E-state index in [0.29, 0.717) is 26.9 Å². The summed E-state index contributed by atoms with van der Waals surface area (Å²) in [5.74, 6) is 0.869. The molecule has 0 spiro atoms. The standard InChI is InChI=1S/C24H21Cl3N4O3/c1-13-7-8-21(14(2)9-13)33-12-17-15(3)34-30-22(17)24(32)28-23-20(27)11-31(29-23)10-16-18(25)5-4-6-19(16)26/h4-9,11H,10,12H2,1-3H3,(H,28,29,32). The van der Waals surface area contributed by atoms with Crippen LogP contribution in [0.5, 0.6) is 5.75 Å². The monoisotopic (exact) mass is 518 g/mol. The fourth-order valence-electron chi connectivity index (χ4n) is 3.43. The van der Waals surface area contributed by atoms with Crippen LogP contribution in [0.2, 0.25) is 15.1 Å². The predicted molar refractivity (Wildman–Crippen MR) is 132 cm³/mol. The first-order valence-electron chi connectivity index (χ1n) is 10.4. The molecule has 0 radical (unpaired) electrons. The molecule has 4 aromatic rings. The molecule has 1 amide bonds. The minimum absolute atomic E-state index is 0.0991. The van der Waals surface area contributed by atoms with Gasteiger partial charge in [0.05, 0.1) is 12.1 Å². The van der Waals surface area contributed by atoms with Gasteiger partial charge in [-0.2, -0.15) is 5.10 Å². The number of nitrogens with one attached hydrogen (secondary N) is 1. The largest absolute Gasteiger partial charge is 0.488 e. The van der Waals surface area contributed by atoms with Gasteiger partial charge < -0.3 is 14.6 Å². The Morgan fingerprint density at radius 1 is 1.06 bits per heavy atom. The van der Waals surface area contributed by atoms with E-state index in [-0.39, 0.29) is 29.7 Å². The molecule has 2 aromatic heterocycles. The zero-order chi connectivity index (χ0) is 24.4. The SMILES string of the molecule is Cc1ccc(OCc2c(C(=O)Nc3nn(Cc4c(Cl)cccc4Cl)cc3Cl)noc2C)c(C)c1. The van der Waals surface area contributed by atoms with E-state index in [1.807, 2.05) is 32.0 Å². The smallest absolute Gasteiger partial charge is 0.279 e. The number of hydrogen-bond acceptors (Lipinski definition) is 5. The van der Waals surface area contributed by atoms with Gasteiger partial charge in [-0.15, -0.1) is 0 Å². The summed E-state index contributed by atoms with van der Waals surface area (Å²) in [6.07, 6.45) is 1.58. The molecular weight excluding hydrogens is 499 g/mol. The number of carbonyl (C=O) groups is 1. The molecule has 2 heterocycles. The molecule has 34 heavy (non-hydrogen) atoms. The van der Waals surface area contributed by atoms with Crippen molar-refractivity contribution in [2.45, 2.75) is 33.9 Å². The minimum Gasteiger partial charge on any atom is -0.488 e. The van der Waals surface area contributed by atoms with Crippen molar-refractivity contribution in [3.63, 3.8) is 0 Å². The normalized spacial score (nSPS) is 11.0. The summed E-state index contributed by atoms with van der Waals surface area (Å²) in [5.41, 5.74) is 3.47. The van der Waals surface area contributed by atoms with Crippen LogP contribution >= 0.6 is 34.8 Å². The lowest BCUT2D eigenvalue weighted by atomic mass is 10.1. The molecule has 0 bridgehead atoms. The van der Waals surface area contributed by atoms with Gasteiger partial charge in [0.1, 0.15) is 23.1 Å². The molecule has 0 aliphatic heterocycles. The summed E-state index contributed by atoms with van der Waals surface area (Å²) in [6.45, 7) is 6.10. The number of carbonyl (C=O) groups excluding carboxylic acids is 1. The van der Waals surface area contributed by atoms with Gasteiger partial charge in [0.15, 0.2) is 11.5 Å². The number of benzene rings is 2. The van der Waals surface area contributed by atoms with Crippen LogP contribution in [0.4, 0.5) is 5.82 Å². The topological polar surface area (TPSA) is 82.2 Å². The van der Waals surface area contributed by atoms with Crippen molar-refractivity contribution in [3.05, 3.63) is 91.4 Å². The molecule has 7 nitrogen and oxygen atoms in total. The molecule has 2 aromatic carbocycles. The number of aryl methyl sites for hydroxylation is 3. The minimum atomic E-state index is -0.515. The zero-order valence-electron chi connectivity index (χ0n) is 18.7. The summed E-state index contributed by atoms with van der Waals surface area (Å²) in [7, 11) is 0. The van der Waals surface area contributed by atoms with E-state index in [1.54, 1.807) is 36.0 Å². The lowest BCUT2D eigenvalue weighted by Crippen LogP contribution is -2.16. The molecule has 0 unspecified atom stereocenters. The van der Waals surface area contributed by atoms with Crippen LogP contribution in [0.3, 0.4) is 0 Å². The molecule has 0 fully saturated rings. The number of rotatable bonds is 7. The highest BCUT2D eigenvalue weighted by Gasteiger charge is 2.23. The lowest BCUT2D eigenvalue weighted by molar-refractivity contribution is 0.101. The second-order valence-electron chi connectivity index (χ2n) is 7.80. The number of amides is 1. The summed E-state index contributed by atoms with van der Waals surface area (Å²) < 4.78 is 12.7. The Labute approximate surface area is 211 Å². The molecule has 0 saturated heterocycles. The Bertz CT molecular complexity index is 1340. The highest BCUT2D eigenvalue weighted by molar-refractivity contribution is 6.36. The Balaban J connectivity index is 1.49. The van der Waals surface area contributed by atoms with Gasteiger partial charge in [0, 0.05) is 21.8 Å². The van der Waals surface area contributed by atoms with E-state index >= 15 is 0 Å². The van der Waals surface area contributed by atoms with Crippen molar-refractivity contribution < 1.29 is 14.1 Å². The summed E-state index contributed by atoms with van der Waals surface area (Å²) in [6, 6.07) is 11.1. The van der Waals surface area contributed by atoms with Gasteiger partial charge >= 0.3 is 0 Å². The Kier molecular flexibility index (Phi) is 7.16. The second-order valence-corrected chi connectivity index (χ2v) is 9.02. The van der Waals surface area contributed by atoms with Gasteiger partial charge in [-0.3, -0.25) is 9.48 Å². The first-order valence-corrected chi connectivity index (χ1v) is 11.5. The second kappa shape index (κ2) is 10.1. The summed E-state index contributed by atoms with van der Waals surface area (Å²) >= 11 is 18.8. The van der Waals surface area contributed by atoms with Crippen molar-refractivity contribution in [3.8, 4) is 5.75 Å². The fourth-order valence-corrected chi connectivity index (χ4v) is 4.14. The van der Waals surface area contributed by atoms with Gasteiger partial charge in [-0.05, 0) is 44.5 Å². The van der Waals surface area contributed by atoms with Gasteiger partial charge in [-0.1, -0.05) is 63.7 Å². The van der Waals surface area contributed by atoms with E-state index in [4.69, 9.17) is 44.1 Å². The average molecular weight is 520 g/mol. The number of ether oxygens (including phenoxy) is 1. The number of halogens is 3. The fraction of sp³-hybridized carbons (Fsp3) is 0.208. The van der Waals surface area contributed by atoms with Crippen molar-refractivity contribution in [1.29, 1.82) is 0 Å². The molecule has 0 aliphatic rings. The molecular formula is C24H21Cl3N4O3. The van der Waals surface area contributed by atoms with Crippen LogP contribution in [-0.4, -0.2) is 20.8 Å². The average Bonchev–Trinajstić information content (AvgIpc) is 3.32. The maximum atomic E-state index is 13.0. The predicted octanol–water partition coefficient (Wildman–Crippen LogP) is 6.64. The van der Waals surface area contributed by atoms with Crippen LogP contribution in [0.25, 0.3) is 0 Å². The molecule has 10 heteroatoms. The van der Waals surface area contributed by atoms with E-state index in [9.17, 15) is 4.79 Å². The molecule has 4 rings (SSSR count). The number of hydrogen-bond donors (Lipinski definition) is 1. The first kappa shape index (κ1) is 24.1. The maximum absolute atomic E-state index is 13.0.